The number of esters is 1. The van der Waals surface area contributed by atoms with Crippen LogP contribution in [0.5, 0.6) is 5.75 Å². The predicted molar refractivity (Wildman–Crippen MR) is 86.3 cm³/mol. The van der Waals surface area contributed by atoms with Gasteiger partial charge in [0.15, 0.2) is 22.6 Å². The van der Waals surface area contributed by atoms with Crippen molar-refractivity contribution in [2.75, 3.05) is 6.61 Å². The van der Waals surface area contributed by atoms with Gasteiger partial charge < -0.3 is 14.4 Å². The summed E-state index contributed by atoms with van der Waals surface area (Å²) >= 11 is 0. The molecule has 2 heterocycles. The summed E-state index contributed by atoms with van der Waals surface area (Å²) in [7, 11) is 1.66. The molecule has 0 atom stereocenters. The van der Waals surface area contributed by atoms with E-state index in [0.29, 0.717) is 16.9 Å². The Kier molecular flexibility index (Phi) is 3.73. The number of aromatic hydroxyl groups is 1. The van der Waals surface area contributed by atoms with Crippen LogP contribution in [0, 0.1) is 6.92 Å². The number of benzene rings is 1. The first-order valence-corrected chi connectivity index (χ1v) is 7.33. The summed E-state index contributed by atoms with van der Waals surface area (Å²) in [5, 5.41) is 10.4. The molecule has 0 aliphatic rings. The number of nitrogens with zero attached hydrogens (tertiary/aromatic N) is 3. The van der Waals surface area contributed by atoms with E-state index in [9.17, 15) is 9.90 Å². The van der Waals surface area contributed by atoms with Gasteiger partial charge in [-0.3, -0.25) is 0 Å². The van der Waals surface area contributed by atoms with Crippen LogP contribution in [0.25, 0.3) is 22.4 Å². The van der Waals surface area contributed by atoms with Gasteiger partial charge in [-0.2, -0.15) is 0 Å². The molecule has 0 unspecified atom stereocenters. The summed E-state index contributed by atoms with van der Waals surface area (Å²) < 4.78 is 6.50. The molecule has 6 heteroatoms. The number of ether oxygens (including phenoxy) is 1. The van der Waals surface area contributed by atoms with E-state index >= 15 is 0 Å². The van der Waals surface area contributed by atoms with Gasteiger partial charge in [-0.15, -0.1) is 0 Å². The number of carbonyl (C=O) groups excluding carboxylic acids is 1. The average molecular weight is 311 g/mol. The Morgan fingerprint density at radius 2 is 1.96 bits per heavy atom. The maximum Gasteiger partial charge on any atom is 0.358 e. The summed E-state index contributed by atoms with van der Waals surface area (Å²) in [5.74, 6) is -0.795. The molecule has 0 saturated heterocycles. The van der Waals surface area contributed by atoms with Gasteiger partial charge in [0.1, 0.15) is 0 Å². The largest absolute Gasteiger partial charge is 0.504 e. The number of aromatic nitrogens is 3. The van der Waals surface area contributed by atoms with E-state index in [1.54, 1.807) is 14.0 Å². The van der Waals surface area contributed by atoms with Gasteiger partial charge in [-0.1, -0.05) is 30.3 Å². The van der Waals surface area contributed by atoms with E-state index < -0.39 is 5.97 Å². The smallest absolute Gasteiger partial charge is 0.358 e. The van der Waals surface area contributed by atoms with Crippen molar-refractivity contribution in [1.82, 2.24) is 14.5 Å². The zero-order valence-electron chi connectivity index (χ0n) is 13.2. The molecular formula is C17H17N3O3. The van der Waals surface area contributed by atoms with Crippen molar-refractivity contribution >= 4 is 17.1 Å². The number of rotatable bonds is 3. The van der Waals surface area contributed by atoms with Crippen molar-refractivity contribution in [2.45, 2.75) is 13.8 Å². The normalized spacial score (nSPS) is 10.9. The van der Waals surface area contributed by atoms with Gasteiger partial charge in [0, 0.05) is 12.6 Å². The molecule has 0 aliphatic carbocycles. The Bertz CT molecular complexity index is 885. The van der Waals surface area contributed by atoms with Gasteiger partial charge in [-0.25, -0.2) is 14.8 Å². The average Bonchev–Trinajstić information content (AvgIpc) is 2.78. The highest BCUT2D eigenvalue weighted by atomic mass is 16.5. The van der Waals surface area contributed by atoms with E-state index in [1.165, 1.54) is 4.57 Å². The molecule has 1 aromatic carbocycles. The molecule has 1 N–H and O–H groups in total. The third-order valence-corrected chi connectivity index (χ3v) is 3.67. The van der Waals surface area contributed by atoms with Crippen LogP contribution in [0.1, 0.15) is 23.1 Å². The van der Waals surface area contributed by atoms with Crippen LogP contribution in [0.3, 0.4) is 0 Å². The minimum Gasteiger partial charge on any atom is -0.504 e. The summed E-state index contributed by atoms with van der Waals surface area (Å²) in [6.45, 7) is 3.80. The van der Waals surface area contributed by atoms with Crippen molar-refractivity contribution in [3.63, 3.8) is 0 Å². The van der Waals surface area contributed by atoms with Crippen LogP contribution in [0.4, 0.5) is 0 Å². The standard InChI is InChI=1S/C17H17N3O3/c1-4-23-17(22)14-15(21)13-16(20(14)3)18-10(2)12(19-13)11-8-6-5-7-9-11/h5-9,21H,4H2,1-3H3. The zero-order chi connectivity index (χ0) is 16.6. The van der Waals surface area contributed by atoms with E-state index in [2.05, 4.69) is 9.97 Å². The number of hydrogen-bond donors (Lipinski definition) is 1. The van der Waals surface area contributed by atoms with E-state index in [-0.39, 0.29) is 18.1 Å². The van der Waals surface area contributed by atoms with E-state index in [0.717, 1.165) is 11.3 Å². The zero-order valence-corrected chi connectivity index (χ0v) is 13.2. The summed E-state index contributed by atoms with van der Waals surface area (Å²) in [6, 6.07) is 9.60. The SMILES string of the molecule is CCOC(=O)c1c(O)c2nc(-c3ccccc3)c(C)nc2n1C. The Hall–Kier alpha value is -2.89. The lowest BCUT2D eigenvalue weighted by molar-refractivity contribution is 0.0512. The van der Waals surface area contributed by atoms with Crippen LogP contribution in [-0.2, 0) is 11.8 Å². The van der Waals surface area contributed by atoms with Crippen LogP contribution < -0.4 is 0 Å². The lowest BCUT2D eigenvalue weighted by atomic mass is 10.1. The van der Waals surface area contributed by atoms with Crippen molar-refractivity contribution < 1.29 is 14.6 Å². The van der Waals surface area contributed by atoms with Crippen molar-refractivity contribution in [3.05, 3.63) is 41.7 Å². The van der Waals surface area contributed by atoms with Crippen molar-refractivity contribution in [2.24, 2.45) is 7.05 Å². The Morgan fingerprint density at radius 3 is 2.61 bits per heavy atom. The van der Waals surface area contributed by atoms with Gasteiger partial charge in [-0.05, 0) is 13.8 Å². The maximum absolute atomic E-state index is 12.0. The van der Waals surface area contributed by atoms with E-state index in [1.807, 2.05) is 37.3 Å². The fourth-order valence-corrected chi connectivity index (χ4v) is 2.58. The molecular weight excluding hydrogens is 294 g/mol. The van der Waals surface area contributed by atoms with Crippen molar-refractivity contribution in [1.29, 1.82) is 0 Å². The molecule has 0 spiro atoms. The fourth-order valence-electron chi connectivity index (χ4n) is 2.58. The summed E-state index contributed by atoms with van der Waals surface area (Å²) in [4.78, 5) is 21.1. The minimum absolute atomic E-state index is 0.0615. The lowest BCUT2D eigenvalue weighted by Crippen LogP contribution is -2.10. The van der Waals surface area contributed by atoms with Gasteiger partial charge in [0.2, 0.25) is 0 Å². The molecule has 0 bridgehead atoms. The highest BCUT2D eigenvalue weighted by Crippen LogP contribution is 2.32. The quantitative estimate of drug-likeness (QED) is 0.753. The van der Waals surface area contributed by atoms with Gasteiger partial charge >= 0.3 is 5.97 Å². The molecule has 0 amide bonds. The van der Waals surface area contributed by atoms with E-state index in [4.69, 9.17) is 4.74 Å². The van der Waals surface area contributed by atoms with Crippen LogP contribution in [0.15, 0.2) is 30.3 Å². The molecule has 0 saturated carbocycles. The molecule has 0 radical (unpaired) electrons. The number of hydrogen-bond acceptors (Lipinski definition) is 5. The van der Waals surface area contributed by atoms with Gasteiger partial charge in [0.05, 0.1) is 18.0 Å². The van der Waals surface area contributed by atoms with Crippen molar-refractivity contribution in [3.8, 4) is 17.0 Å². The second-order valence-electron chi connectivity index (χ2n) is 5.17. The topological polar surface area (TPSA) is 77.2 Å². The minimum atomic E-state index is -0.591. The molecule has 0 fully saturated rings. The highest BCUT2D eigenvalue weighted by Gasteiger charge is 2.25. The second kappa shape index (κ2) is 5.72. The molecule has 2 aromatic heterocycles. The molecule has 3 rings (SSSR count). The monoisotopic (exact) mass is 311 g/mol. The first-order chi connectivity index (χ1) is 11.0. The van der Waals surface area contributed by atoms with Crippen LogP contribution in [0.2, 0.25) is 0 Å². The third-order valence-electron chi connectivity index (χ3n) is 3.67. The first kappa shape index (κ1) is 15.0. The molecule has 23 heavy (non-hydrogen) atoms. The summed E-state index contributed by atoms with van der Waals surface area (Å²) in [6.07, 6.45) is 0. The van der Waals surface area contributed by atoms with Gasteiger partial charge in [0.25, 0.3) is 0 Å². The number of aryl methyl sites for hydroxylation is 2. The number of fused-ring (bicyclic) bond motifs is 1. The third kappa shape index (κ3) is 2.42. The Labute approximate surface area is 133 Å². The first-order valence-electron chi connectivity index (χ1n) is 7.33. The molecule has 0 aliphatic heterocycles. The Balaban J connectivity index is 2.25. The molecule has 6 nitrogen and oxygen atoms in total. The summed E-state index contributed by atoms with van der Waals surface area (Å²) in [5.41, 5.74) is 3.10. The van der Waals surface area contributed by atoms with Crippen LogP contribution >= 0.6 is 0 Å². The number of carbonyl (C=O) groups is 1. The maximum atomic E-state index is 12.0. The fraction of sp³-hybridized carbons (Fsp3) is 0.235. The molecule has 118 valence electrons. The van der Waals surface area contributed by atoms with Crippen LogP contribution in [-0.4, -0.2) is 32.2 Å². The predicted octanol–water partition coefficient (Wildman–Crippen LogP) is 2.83. The lowest BCUT2D eigenvalue weighted by Gasteiger charge is -2.05. The highest BCUT2D eigenvalue weighted by molar-refractivity contribution is 5.99. The molecule has 3 aromatic rings. The second-order valence-corrected chi connectivity index (χ2v) is 5.17. The Morgan fingerprint density at radius 1 is 1.26 bits per heavy atom.